The molecule has 1 aromatic heterocycles. The van der Waals surface area contributed by atoms with E-state index in [0.717, 1.165) is 0 Å². The zero-order chi connectivity index (χ0) is 20.6. The Hall–Kier alpha value is -2.93. The number of para-hydroxylation sites is 2. The molecule has 2 aromatic rings. The van der Waals surface area contributed by atoms with E-state index in [1.165, 1.54) is 4.90 Å². The summed E-state index contributed by atoms with van der Waals surface area (Å²) in [4.78, 5) is 43.2. The normalized spacial score (nSPS) is 14.9. The summed E-state index contributed by atoms with van der Waals surface area (Å²) in [6.07, 6.45) is 0. The molecule has 1 aliphatic heterocycles. The Labute approximate surface area is 167 Å². The lowest BCUT2D eigenvalue weighted by Crippen LogP contribution is -2.59. The van der Waals surface area contributed by atoms with E-state index in [0.29, 0.717) is 22.6 Å². The Morgan fingerprint density at radius 1 is 1.25 bits per heavy atom. The number of anilines is 2. The van der Waals surface area contributed by atoms with Gasteiger partial charge in [-0.25, -0.2) is 9.78 Å². The summed E-state index contributed by atoms with van der Waals surface area (Å²) in [5, 5.41) is 2.81. The van der Waals surface area contributed by atoms with Crippen LogP contribution < -0.4 is 10.2 Å². The largest absolute Gasteiger partial charge is 0.452 e. The fourth-order valence-electron chi connectivity index (χ4n) is 3.20. The van der Waals surface area contributed by atoms with Gasteiger partial charge in [0.05, 0.1) is 16.9 Å². The van der Waals surface area contributed by atoms with Crippen molar-refractivity contribution in [2.45, 2.75) is 33.2 Å². The van der Waals surface area contributed by atoms with E-state index in [-0.39, 0.29) is 16.6 Å². The van der Waals surface area contributed by atoms with Crippen LogP contribution in [-0.2, 0) is 14.3 Å². The topological polar surface area (TPSA) is 88.6 Å². The van der Waals surface area contributed by atoms with E-state index >= 15 is 0 Å². The van der Waals surface area contributed by atoms with Crippen molar-refractivity contribution in [2.75, 3.05) is 16.8 Å². The number of aromatic nitrogens is 1. The van der Waals surface area contributed by atoms with Gasteiger partial charge in [-0.3, -0.25) is 14.5 Å². The molecular formula is C20H20ClN3O4. The van der Waals surface area contributed by atoms with Crippen LogP contribution in [0.1, 0.15) is 35.5 Å². The van der Waals surface area contributed by atoms with Gasteiger partial charge in [0, 0.05) is 5.69 Å². The molecule has 0 aliphatic carbocycles. The van der Waals surface area contributed by atoms with Gasteiger partial charge in [-0.05, 0) is 51.5 Å². The van der Waals surface area contributed by atoms with Gasteiger partial charge in [0.15, 0.2) is 6.61 Å². The summed E-state index contributed by atoms with van der Waals surface area (Å²) in [6, 6.07) is 8.66. The molecule has 1 N–H and O–H groups in total. The van der Waals surface area contributed by atoms with E-state index in [9.17, 15) is 14.4 Å². The Morgan fingerprint density at radius 2 is 1.93 bits per heavy atom. The van der Waals surface area contributed by atoms with E-state index in [4.69, 9.17) is 16.3 Å². The predicted octanol–water partition coefficient (Wildman–Crippen LogP) is 3.27. The molecule has 1 aromatic carbocycles. The fourth-order valence-corrected chi connectivity index (χ4v) is 3.56. The quantitative estimate of drug-likeness (QED) is 0.629. The number of benzene rings is 1. The second kappa shape index (κ2) is 7.24. The Bertz CT molecular complexity index is 964. The van der Waals surface area contributed by atoms with Crippen molar-refractivity contribution in [2.24, 2.45) is 0 Å². The monoisotopic (exact) mass is 401 g/mol. The van der Waals surface area contributed by atoms with Crippen LogP contribution in [0.4, 0.5) is 11.4 Å². The smallest absolute Gasteiger partial charge is 0.342 e. The molecule has 0 saturated carbocycles. The molecule has 0 saturated heterocycles. The third-order valence-electron chi connectivity index (χ3n) is 4.59. The minimum absolute atomic E-state index is 0.0259. The lowest BCUT2D eigenvalue weighted by molar-refractivity contribution is -0.128. The predicted molar refractivity (Wildman–Crippen MR) is 106 cm³/mol. The number of amides is 2. The highest BCUT2D eigenvalue weighted by Crippen LogP contribution is 2.36. The van der Waals surface area contributed by atoms with E-state index < -0.39 is 24.0 Å². The highest BCUT2D eigenvalue weighted by atomic mass is 35.5. The molecule has 1 aliphatic rings. The second-order valence-corrected chi connectivity index (χ2v) is 7.44. The lowest BCUT2D eigenvalue weighted by atomic mass is 9.96. The van der Waals surface area contributed by atoms with Gasteiger partial charge in [-0.15, -0.1) is 0 Å². The number of rotatable bonds is 3. The van der Waals surface area contributed by atoms with E-state index in [2.05, 4.69) is 10.3 Å². The summed E-state index contributed by atoms with van der Waals surface area (Å²) in [6.45, 7) is 6.20. The van der Waals surface area contributed by atoms with Gasteiger partial charge in [0.2, 0.25) is 5.91 Å². The van der Waals surface area contributed by atoms with Crippen LogP contribution in [0.5, 0.6) is 0 Å². The minimum Gasteiger partial charge on any atom is -0.452 e. The Morgan fingerprint density at radius 3 is 2.61 bits per heavy atom. The minimum atomic E-state index is -1.14. The lowest BCUT2D eigenvalue weighted by Gasteiger charge is -2.41. The SMILES string of the molecule is Cc1cc(C)c(C(=O)OCC(=O)N2c3ccccc3NC(=O)C2(C)C)c(Cl)n1. The first kappa shape index (κ1) is 19.8. The van der Waals surface area contributed by atoms with Gasteiger partial charge >= 0.3 is 5.97 Å². The number of ether oxygens (including phenoxy) is 1. The van der Waals surface area contributed by atoms with Crippen LogP contribution in [0, 0.1) is 13.8 Å². The maximum atomic E-state index is 12.9. The summed E-state index contributed by atoms with van der Waals surface area (Å²) < 4.78 is 5.20. The third kappa shape index (κ3) is 3.45. The van der Waals surface area contributed by atoms with Crippen molar-refractivity contribution >= 4 is 40.8 Å². The van der Waals surface area contributed by atoms with Crippen molar-refractivity contribution in [3.8, 4) is 0 Å². The summed E-state index contributed by atoms with van der Waals surface area (Å²) in [7, 11) is 0. The van der Waals surface area contributed by atoms with Crippen LogP contribution in [0.2, 0.25) is 5.15 Å². The van der Waals surface area contributed by atoms with Crippen LogP contribution in [0.25, 0.3) is 0 Å². The average Bonchev–Trinajstić information content (AvgIpc) is 2.59. The Balaban J connectivity index is 1.83. The maximum absolute atomic E-state index is 12.9. The molecule has 146 valence electrons. The Kier molecular flexibility index (Phi) is 5.12. The van der Waals surface area contributed by atoms with Crippen molar-refractivity contribution in [1.29, 1.82) is 0 Å². The van der Waals surface area contributed by atoms with Gasteiger partial charge in [0.25, 0.3) is 5.91 Å². The first-order valence-electron chi connectivity index (χ1n) is 8.67. The zero-order valence-corrected chi connectivity index (χ0v) is 16.8. The molecule has 0 radical (unpaired) electrons. The third-order valence-corrected chi connectivity index (χ3v) is 4.86. The molecule has 0 bridgehead atoms. The number of pyridine rings is 1. The van der Waals surface area contributed by atoms with Crippen molar-refractivity contribution in [3.05, 3.63) is 52.3 Å². The van der Waals surface area contributed by atoms with Crippen LogP contribution in [0.15, 0.2) is 30.3 Å². The summed E-state index contributed by atoms with van der Waals surface area (Å²) >= 11 is 6.06. The van der Waals surface area contributed by atoms with Gasteiger partial charge in [-0.1, -0.05) is 23.7 Å². The molecule has 0 spiro atoms. The molecule has 2 heterocycles. The second-order valence-electron chi connectivity index (χ2n) is 7.08. The van der Waals surface area contributed by atoms with Crippen molar-refractivity contribution in [3.63, 3.8) is 0 Å². The molecule has 28 heavy (non-hydrogen) atoms. The number of aryl methyl sites for hydroxylation is 2. The molecule has 0 fully saturated rings. The highest BCUT2D eigenvalue weighted by Gasteiger charge is 2.43. The standard InChI is InChI=1S/C20H20ClN3O4/c1-11-9-12(2)22-17(21)16(11)18(26)28-10-15(25)24-14-8-6-5-7-13(14)23-19(27)20(24,3)4/h5-9H,10H2,1-4H3,(H,23,27). The maximum Gasteiger partial charge on any atom is 0.342 e. The molecule has 2 amide bonds. The average molecular weight is 402 g/mol. The number of hydrogen-bond acceptors (Lipinski definition) is 5. The first-order chi connectivity index (χ1) is 13.1. The van der Waals surface area contributed by atoms with E-state index in [1.807, 2.05) is 0 Å². The molecular weight excluding hydrogens is 382 g/mol. The van der Waals surface area contributed by atoms with Crippen molar-refractivity contribution < 1.29 is 19.1 Å². The van der Waals surface area contributed by atoms with E-state index in [1.54, 1.807) is 58.0 Å². The van der Waals surface area contributed by atoms with Gasteiger partial charge < -0.3 is 10.1 Å². The van der Waals surface area contributed by atoms with Crippen LogP contribution >= 0.6 is 11.6 Å². The van der Waals surface area contributed by atoms with Crippen LogP contribution in [0.3, 0.4) is 0 Å². The number of hydrogen-bond donors (Lipinski definition) is 1. The molecule has 0 unspecified atom stereocenters. The summed E-state index contributed by atoms with van der Waals surface area (Å²) in [5.41, 5.74) is 1.32. The molecule has 3 rings (SSSR count). The molecule has 7 nitrogen and oxygen atoms in total. The number of halogens is 1. The summed E-state index contributed by atoms with van der Waals surface area (Å²) in [5.74, 6) is -1.59. The van der Waals surface area contributed by atoms with Crippen LogP contribution in [-0.4, -0.2) is 34.9 Å². The van der Waals surface area contributed by atoms with Gasteiger partial charge in [-0.2, -0.15) is 0 Å². The fraction of sp³-hybridized carbons (Fsp3) is 0.300. The number of carbonyl (C=O) groups is 3. The number of nitrogens with zero attached hydrogens (tertiary/aromatic N) is 2. The molecule has 0 atom stereocenters. The first-order valence-corrected chi connectivity index (χ1v) is 9.05. The highest BCUT2D eigenvalue weighted by molar-refractivity contribution is 6.32. The number of fused-ring (bicyclic) bond motifs is 1. The number of nitrogens with one attached hydrogen (secondary N) is 1. The number of esters is 1. The van der Waals surface area contributed by atoms with Crippen molar-refractivity contribution in [1.82, 2.24) is 4.98 Å². The zero-order valence-electron chi connectivity index (χ0n) is 16.0. The van der Waals surface area contributed by atoms with Gasteiger partial charge in [0.1, 0.15) is 10.7 Å². The molecule has 8 heteroatoms. The number of carbonyl (C=O) groups excluding carboxylic acids is 3.